The van der Waals surface area contributed by atoms with Crippen LogP contribution < -0.4 is 9.47 Å². The molecule has 0 unspecified atom stereocenters. The molecule has 0 fully saturated rings. The lowest BCUT2D eigenvalue weighted by Crippen LogP contribution is -1.93. The highest BCUT2D eigenvalue weighted by atomic mass is 16.5. The summed E-state index contributed by atoms with van der Waals surface area (Å²) in [6.45, 7) is 2.10. The van der Waals surface area contributed by atoms with E-state index in [4.69, 9.17) is 14.0 Å². The Bertz CT molecular complexity index is 853. The summed E-state index contributed by atoms with van der Waals surface area (Å²) in [5, 5.41) is 14.4. The molecular weight excluding hydrogens is 318 g/mol. The van der Waals surface area contributed by atoms with Gasteiger partial charge in [0.25, 0.3) is 0 Å². The van der Waals surface area contributed by atoms with Crippen molar-refractivity contribution in [2.24, 2.45) is 0 Å². The van der Waals surface area contributed by atoms with Crippen LogP contribution in [0.15, 0.2) is 47.1 Å². The molecule has 2 aromatic carbocycles. The van der Waals surface area contributed by atoms with Gasteiger partial charge in [0, 0.05) is 11.6 Å². The number of ether oxygens (including phenoxy) is 2. The van der Waals surface area contributed by atoms with E-state index in [1.807, 2.05) is 30.3 Å². The molecule has 0 spiro atoms. The number of methoxy groups -OCH3 is 2. The molecule has 5 heteroatoms. The quantitative estimate of drug-likeness (QED) is 0.706. The molecule has 130 valence electrons. The number of aromatic hydroxyl groups is 1. The van der Waals surface area contributed by atoms with E-state index in [0.717, 1.165) is 35.3 Å². The van der Waals surface area contributed by atoms with Crippen LogP contribution in [0.5, 0.6) is 17.2 Å². The number of aryl methyl sites for hydroxylation is 1. The molecule has 0 saturated heterocycles. The van der Waals surface area contributed by atoms with Crippen LogP contribution in [0.3, 0.4) is 0 Å². The summed E-state index contributed by atoms with van der Waals surface area (Å²) >= 11 is 0. The lowest BCUT2D eigenvalue weighted by Gasteiger charge is -2.12. The van der Waals surface area contributed by atoms with Crippen LogP contribution in [0.25, 0.3) is 22.5 Å². The SMILES string of the molecule is CCCc1cc(-c2oncc2-c2ccc(OC)cc2)c(O)cc1OC. The van der Waals surface area contributed by atoms with Gasteiger partial charge in [0.05, 0.1) is 26.0 Å². The summed E-state index contributed by atoms with van der Waals surface area (Å²) < 4.78 is 16.0. The predicted molar refractivity (Wildman–Crippen MR) is 96.1 cm³/mol. The van der Waals surface area contributed by atoms with Gasteiger partial charge in [0.15, 0.2) is 5.76 Å². The van der Waals surface area contributed by atoms with Crippen LogP contribution in [0, 0.1) is 0 Å². The van der Waals surface area contributed by atoms with Crippen LogP contribution in [0.4, 0.5) is 0 Å². The van der Waals surface area contributed by atoms with Crippen molar-refractivity contribution in [1.82, 2.24) is 5.16 Å². The van der Waals surface area contributed by atoms with Crippen molar-refractivity contribution >= 4 is 0 Å². The zero-order chi connectivity index (χ0) is 17.8. The molecule has 5 nitrogen and oxygen atoms in total. The minimum atomic E-state index is 0.100. The molecular formula is C20H21NO4. The summed E-state index contributed by atoms with van der Waals surface area (Å²) in [6.07, 6.45) is 3.48. The molecule has 1 heterocycles. The molecule has 0 atom stereocenters. The zero-order valence-electron chi connectivity index (χ0n) is 14.6. The first kappa shape index (κ1) is 16.9. The summed E-state index contributed by atoms with van der Waals surface area (Å²) in [5.74, 6) is 2.08. The van der Waals surface area contributed by atoms with Gasteiger partial charge in [-0.25, -0.2) is 0 Å². The molecule has 0 aliphatic rings. The van der Waals surface area contributed by atoms with Crippen LogP contribution >= 0.6 is 0 Å². The minimum Gasteiger partial charge on any atom is -0.507 e. The molecule has 3 aromatic rings. The lowest BCUT2D eigenvalue weighted by molar-refractivity contribution is 0.400. The zero-order valence-corrected chi connectivity index (χ0v) is 14.6. The first-order valence-corrected chi connectivity index (χ1v) is 8.17. The van der Waals surface area contributed by atoms with E-state index in [0.29, 0.717) is 17.1 Å². The van der Waals surface area contributed by atoms with Crippen LogP contribution in [0.1, 0.15) is 18.9 Å². The molecule has 1 N–H and O–H groups in total. The molecule has 0 amide bonds. The van der Waals surface area contributed by atoms with Crippen molar-refractivity contribution < 1.29 is 19.1 Å². The van der Waals surface area contributed by atoms with Gasteiger partial charge in [0.2, 0.25) is 0 Å². The van der Waals surface area contributed by atoms with Crippen molar-refractivity contribution in [3.05, 3.63) is 48.2 Å². The Morgan fingerprint density at radius 3 is 2.44 bits per heavy atom. The van der Waals surface area contributed by atoms with Gasteiger partial charge in [-0.2, -0.15) is 0 Å². The molecule has 0 aliphatic heterocycles. The Balaban J connectivity index is 2.08. The average molecular weight is 339 g/mol. The number of phenolic OH excluding ortho intramolecular Hbond substituents is 1. The van der Waals surface area contributed by atoms with Crippen LogP contribution in [-0.2, 0) is 6.42 Å². The van der Waals surface area contributed by atoms with Gasteiger partial charge in [-0.05, 0) is 35.7 Å². The molecule has 0 aliphatic carbocycles. The third-order valence-electron chi connectivity index (χ3n) is 4.13. The van der Waals surface area contributed by atoms with Gasteiger partial charge in [-0.15, -0.1) is 0 Å². The van der Waals surface area contributed by atoms with E-state index in [2.05, 4.69) is 12.1 Å². The Kier molecular flexibility index (Phi) is 4.93. The van der Waals surface area contributed by atoms with Crippen LogP contribution in [-0.4, -0.2) is 24.5 Å². The summed E-state index contributed by atoms with van der Waals surface area (Å²) in [7, 11) is 3.23. The Hall–Kier alpha value is -2.95. The number of nitrogens with zero attached hydrogens (tertiary/aromatic N) is 1. The molecule has 0 saturated carbocycles. The number of rotatable bonds is 6. The number of benzene rings is 2. The second-order valence-electron chi connectivity index (χ2n) is 5.73. The highest BCUT2D eigenvalue weighted by Gasteiger charge is 2.19. The fraction of sp³-hybridized carbons (Fsp3) is 0.250. The molecule has 0 bridgehead atoms. The topological polar surface area (TPSA) is 64.7 Å². The molecule has 0 radical (unpaired) electrons. The first-order chi connectivity index (χ1) is 12.2. The fourth-order valence-electron chi connectivity index (χ4n) is 2.86. The highest BCUT2D eigenvalue weighted by molar-refractivity contribution is 5.82. The number of phenols is 1. The number of aromatic nitrogens is 1. The first-order valence-electron chi connectivity index (χ1n) is 8.17. The van der Waals surface area contributed by atoms with Gasteiger partial charge in [-0.3, -0.25) is 0 Å². The van der Waals surface area contributed by atoms with Crippen molar-refractivity contribution in [1.29, 1.82) is 0 Å². The Labute approximate surface area is 146 Å². The van der Waals surface area contributed by atoms with Gasteiger partial charge >= 0.3 is 0 Å². The second kappa shape index (κ2) is 7.30. The van der Waals surface area contributed by atoms with Crippen molar-refractivity contribution in [3.8, 4) is 39.7 Å². The number of hydrogen-bond donors (Lipinski definition) is 1. The summed E-state index contributed by atoms with van der Waals surface area (Å²) in [6, 6.07) is 11.2. The maximum atomic E-state index is 10.5. The maximum absolute atomic E-state index is 10.5. The van der Waals surface area contributed by atoms with E-state index in [9.17, 15) is 5.11 Å². The summed E-state index contributed by atoms with van der Waals surface area (Å²) in [5.41, 5.74) is 3.37. The van der Waals surface area contributed by atoms with Crippen LogP contribution in [0.2, 0.25) is 0 Å². The molecule has 3 rings (SSSR count). The Morgan fingerprint density at radius 1 is 1.04 bits per heavy atom. The highest BCUT2D eigenvalue weighted by Crippen LogP contribution is 2.40. The molecule has 25 heavy (non-hydrogen) atoms. The molecule has 1 aromatic heterocycles. The Morgan fingerprint density at radius 2 is 1.80 bits per heavy atom. The average Bonchev–Trinajstić information content (AvgIpc) is 3.12. The standard InChI is InChI=1S/C20H21NO4/c1-4-5-14-10-16(18(22)11-19(14)24-3)20-17(12-21-25-20)13-6-8-15(23-2)9-7-13/h6-12,22H,4-5H2,1-3H3. The van der Waals surface area contributed by atoms with Crippen molar-refractivity contribution in [2.75, 3.05) is 14.2 Å². The van der Waals surface area contributed by atoms with Crippen molar-refractivity contribution in [2.45, 2.75) is 19.8 Å². The van der Waals surface area contributed by atoms with E-state index >= 15 is 0 Å². The lowest BCUT2D eigenvalue weighted by atomic mass is 9.98. The number of hydrogen-bond acceptors (Lipinski definition) is 5. The van der Waals surface area contributed by atoms with Gasteiger partial charge in [0.1, 0.15) is 17.2 Å². The van der Waals surface area contributed by atoms with E-state index in [1.54, 1.807) is 26.5 Å². The van der Waals surface area contributed by atoms with E-state index in [-0.39, 0.29) is 5.75 Å². The minimum absolute atomic E-state index is 0.100. The maximum Gasteiger partial charge on any atom is 0.178 e. The predicted octanol–water partition coefficient (Wildman–Crippen LogP) is 4.68. The smallest absolute Gasteiger partial charge is 0.178 e. The van der Waals surface area contributed by atoms with Gasteiger partial charge < -0.3 is 19.1 Å². The third-order valence-corrected chi connectivity index (χ3v) is 4.13. The summed E-state index contributed by atoms with van der Waals surface area (Å²) in [4.78, 5) is 0. The third kappa shape index (κ3) is 3.31. The van der Waals surface area contributed by atoms with E-state index in [1.165, 1.54) is 0 Å². The van der Waals surface area contributed by atoms with Crippen molar-refractivity contribution in [3.63, 3.8) is 0 Å². The van der Waals surface area contributed by atoms with Gasteiger partial charge in [-0.1, -0.05) is 30.6 Å². The fourth-order valence-corrected chi connectivity index (χ4v) is 2.86. The second-order valence-corrected chi connectivity index (χ2v) is 5.73. The monoisotopic (exact) mass is 339 g/mol. The van der Waals surface area contributed by atoms with E-state index < -0.39 is 0 Å². The normalized spacial score (nSPS) is 10.7. The largest absolute Gasteiger partial charge is 0.507 e.